The molecule has 0 radical (unpaired) electrons. The molecule has 1 atom stereocenters. The van der Waals surface area contributed by atoms with Gasteiger partial charge in [0.1, 0.15) is 5.82 Å². The molecule has 1 aliphatic heterocycles. The lowest BCUT2D eigenvalue weighted by molar-refractivity contribution is 0.144. The number of rotatable bonds is 2. The second-order valence-electron chi connectivity index (χ2n) is 5.67. The van der Waals surface area contributed by atoms with E-state index < -0.39 is 0 Å². The number of benzene rings is 1. The normalized spacial score (nSPS) is 21.4. The number of likely N-dealkylation sites (tertiary alicyclic amines) is 1. The molecule has 1 unspecified atom stereocenters. The van der Waals surface area contributed by atoms with Crippen LogP contribution in [0.15, 0.2) is 24.5 Å². The van der Waals surface area contributed by atoms with E-state index in [2.05, 4.69) is 28.3 Å². The predicted octanol–water partition coefficient (Wildman–Crippen LogP) is 3.22. The van der Waals surface area contributed by atoms with E-state index in [0.717, 1.165) is 17.6 Å². The third-order valence-electron chi connectivity index (χ3n) is 4.09. The highest BCUT2D eigenvalue weighted by Crippen LogP contribution is 2.26. The van der Waals surface area contributed by atoms with Crippen LogP contribution in [0.2, 0.25) is 0 Å². The van der Waals surface area contributed by atoms with Gasteiger partial charge in [0.15, 0.2) is 0 Å². The van der Waals surface area contributed by atoms with Gasteiger partial charge in [0.2, 0.25) is 0 Å². The van der Waals surface area contributed by atoms with Crippen LogP contribution in [0, 0.1) is 5.82 Å². The Hall–Kier alpha value is -1.42. The summed E-state index contributed by atoms with van der Waals surface area (Å²) in [6.07, 6.45) is 4.24. The Morgan fingerprint density at radius 3 is 3.00 bits per heavy atom. The highest BCUT2D eigenvalue weighted by molar-refractivity contribution is 5.75. The summed E-state index contributed by atoms with van der Waals surface area (Å²) in [5, 5.41) is 0. The average Bonchev–Trinajstić information content (AvgIpc) is 2.81. The molecule has 1 saturated heterocycles. The van der Waals surface area contributed by atoms with Crippen molar-refractivity contribution in [3.63, 3.8) is 0 Å². The molecule has 1 aliphatic rings. The lowest BCUT2D eigenvalue weighted by Gasteiger charge is -2.36. The van der Waals surface area contributed by atoms with Crippen molar-refractivity contribution < 1.29 is 4.39 Å². The molecule has 0 amide bonds. The highest BCUT2D eigenvalue weighted by atomic mass is 19.1. The van der Waals surface area contributed by atoms with E-state index in [1.165, 1.54) is 31.5 Å². The summed E-state index contributed by atoms with van der Waals surface area (Å²) in [5.74, 6) is -0.217. The van der Waals surface area contributed by atoms with Gasteiger partial charge in [-0.2, -0.15) is 0 Å². The Kier molecular flexibility index (Phi) is 3.27. The predicted molar refractivity (Wildman–Crippen MR) is 74.7 cm³/mol. The van der Waals surface area contributed by atoms with E-state index in [1.807, 2.05) is 12.4 Å². The van der Waals surface area contributed by atoms with E-state index >= 15 is 0 Å². The van der Waals surface area contributed by atoms with Crippen molar-refractivity contribution in [2.24, 2.45) is 0 Å². The van der Waals surface area contributed by atoms with Crippen molar-refractivity contribution in [2.45, 2.75) is 38.8 Å². The molecule has 0 bridgehead atoms. The van der Waals surface area contributed by atoms with Crippen molar-refractivity contribution >= 4 is 11.0 Å². The minimum absolute atomic E-state index is 0.217. The fourth-order valence-electron chi connectivity index (χ4n) is 2.98. The van der Waals surface area contributed by atoms with Gasteiger partial charge in [-0.1, -0.05) is 0 Å². The Morgan fingerprint density at radius 1 is 1.37 bits per heavy atom. The Balaban J connectivity index is 1.91. The molecule has 4 heteroatoms. The Morgan fingerprint density at radius 2 is 2.21 bits per heavy atom. The summed E-state index contributed by atoms with van der Waals surface area (Å²) >= 11 is 0. The standard InChI is InChI=1S/C15H20FN3/c1-11(2)18-7-3-4-13(9-18)19-10-17-14-8-12(16)5-6-15(14)19/h5-6,8,10-11,13H,3-4,7,9H2,1-2H3. The zero-order valence-corrected chi connectivity index (χ0v) is 11.5. The summed E-state index contributed by atoms with van der Waals surface area (Å²) in [6, 6.07) is 5.89. The number of nitrogens with zero attached hydrogens (tertiary/aromatic N) is 3. The Bertz CT molecular complexity index is 576. The monoisotopic (exact) mass is 261 g/mol. The molecule has 102 valence electrons. The second kappa shape index (κ2) is 4.93. The molecule has 0 saturated carbocycles. The molecule has 1 aromatic carbocycles. The molecule has 0 spiro atoms. The molecule has 2 heterocycles. The summed E-state index contributed by atoms with van der Waals surface area (Å²) < 4.78 is 15.4. The number of imidazole rings is 1. The van der Waals surface area contributed by atoms with Gasteiger partial charge in [-0.25, -0.2) is 9.37 Å². The van der Waals surface area contributed by atoms with Crippen molar-refractivity contribution in [1.29, 1.82) is 0 Å². The van der Waals surface area contributed by atoms with Gasteiger partial charge in [0.05, 0.1) is 17.4 Å². The van der Waals surface area contributed by atoms with Gasteiger partial charge in [-0.15, -0.1) is 0 Å². The van der Waals surface area contributed by atoms with Crippen LogP contribution >= 0.6 is 0 Å². The lowest BCUT2D eigenvalue weighted by atomic mass is 10.0. The minimum Gasteiger partial charge on any atom is -0.326 e. The largest absolute Gasteiger partial charge is 0.326 e. The van der Waals surface area contributed by atoms with E-state index in [0.29, 0.717) is 12.1 Å². The van der Waals surface area contributed by atoms with Crippen LogP contribution in [-0.2, 0) is 0 Å². The van der Waals surface area contributed by atoms with Crippen LogP contribution in [0.1, 0.15) is 32.7 Å². The first-order valence-electron chi connectivity index (χ1n) is 7.01. The van der Waals surface area contributed by atoms with Crippen LogP contribution in [0.4, 0.5) is 4.39 Å². The first-order chi connectivity index (χ1) is 9.15. The number of fused-ring (bicyclic) bond motifs is 1. The molecule has 1 aromatic heterocycles. The summed E-state index contributed by atoms with van der Waals surface area (Å²) in [5.41, 5.74) is 1.79. The topological polar surface area (TPSA) is 21.1 Å². The number of aromatic nitrogens is 2. The maximum absolute atomic E-state index is 13.2. The second-order valence-corrected chi connectivity index (χ2v) is 5.67. The van der Waals surface area contributed by atoms with Crippen LogP contribution in [-0.4, -0.2) is 33.6 Å². The molecule has 0 N–H and O–H groups in total. The molecule has 1 fully saturated rings. The van der Waals surface area contributed by atoms with Crippen LogP contribution in [0.25, 0.3) is 11.0 Å². The fraction of sp³-hybridized carbons (Fsp3) is 0.533. The number of hydrogen-bond donors (Lipinski definition) is 0. The Labute approximate surface area is 113 Å². The molecular weight excluding hydrogens is 241 g/mol. The SMILES string of the molecule is CC(C)N1CCCC(n2cnc3cc(F)ccc32)C1. The molecule has 2 aromatic rings. The molecule has 0 aliphatic carbocycles. The van der Waals surface area contributed by atoms with Crippen molar-refractivity contribution in [3.8, 4) is 0 Å². The van der Waals surface area contributed by atoms with Gasteiger partial charge in [0.25, 0.3) is 0 Å². The quantitative estimate of drug-likeness (QED) is 0.827. The van der Waals surface area contributed by atoms with E-state index in [1.54, 1.807) is 0 Å². The van der Waals surface area contributed by atoms with Crippen molar-refractivity contribution in [1.82, 2.24) is 14.5 Å². The van der Waals surface area contributed by atoms with E-state index in [-0.39, 0.29) is 5.82 Å². The van der Waals surface area contributed by atoms with Gasteiger partial charge in [-0.05, 0) is 45.4 Å². The first kappa shape index (κ1) is 12.6. The van der Waals surface area contributed by atoms with Crippen LogP contribution < -0.4 is 0 Å². The first-order valence-corrected chi connectivity index (χ1v) is 7.01. The third kappa shape index (κ3) is 2.37. The zero-order chi connectivity index (χ0) is 13.4. The van der Waals surface area contributed by atoms with Gasteiger partial charge >= 0.3 is 0 Å². The molecule has 19 heavy (non-hydrogen) atoms. The maximum atomic E-state index is 13.2. The fourth-order valence-corrected chi connectivity index (χ4v) is 2.98. The smallest absolute Gasteiger partial charge is 0.125 e. The lowest BCUT2D eigenvalue weighted by Crippen LogP contribution is -2.40. The van der Waals surface area contributed by atoms with Crippen molar-refractivity contribution in [3.05, 3.63) is 30.3 Å². The summed E-state index contributed by atoms with van der Waals surface area (Å²) in [7, 11) is 0. The zero-order valence-electron chi connectivity index (χ0n) is 11.5. The number of halogens is 1. The van der Waals surface area contributed by atoms with E-state index in [9.17, 15) is 4.39 Å². The van der Waals surface area contributed by atoms with Gasteiger partial charge in [-0.3, -0.25) is 4.90 Å². The third-order valence-corrected chi connectivity index (χ3v) is 4.09. The van der Waals surface area contributed by atoms with Crippen molar-refractivity contribution in [2.75, 3.05) is 13.1 Å². The van der Waals surface area contributed by atoms with E-state index in [4.69, 9.17) is 0 Å². The maximum Gasteiger partial charge on any atom is 0.125 e. The highest BCUT2D eigenvalue weighted by Gasteiger charge is 2.23. The average molecular weight is 261 g/mol. The molecule has 3 rings (SSSR count). The van der Waals surface area contributed by atoms with Crippen LogP contribution in [0.5, 0.6) is 0 Å². The summed E-state index contributed by atoms with van der Waals surface area (Å²) in [4.78, 5) is 6.83. The number of piperidine rings is 1. The van der Waals surface area contributed by atoms with Crippen LogP contribution in [0.3, 0.4) is 0 Å². The number of hydrogen-bond acceptors (Lipinski definition) is 2. The minimum atomic E-state index is -0.217. The van der Waals surface area contributed by atoms with Gasteiger partial charge < -0.3 is 4.57 Å². The van der Waals surface area contributed by atoms with Gasteiger partial charge in [0, 0.05) is 24.7 Å². The molecular formula is C15H20FN3. The molecule has 3 nitrogen and oxygen atoms in total. The summed E-state index contributed by atoms with van der Waals surface area (Å²) in [6.45, 7) is 6.71.